The quantitative estimate of drug-likeness (QED) is 0.635. The molecule has 30 heavy (non-hydrogen) atoms. The van der Waals surface area contributed by atoms with Crippen molar-refractivity contribution in [3.8, 4) is 0 Å². The molecule has 2 aromatic carbocycles. The number of benzene rings is 2. The average molecular weight is 419 g/mol. The number of para-hydroxylation sites is 1. The Hall–Kier alpha value is -3.45. The van der Waals surface area contributed by atoms with E-state index in [0.29, 0.717) is 16.2 Å². The van der Waals surface area contributed by atoms with Crippen LogP contribution in [0.4, 0.5) is 10.1 Å². The summed E-state index contributed by atoms with van der Waals surface area (Å²) >= 11 is 1.27. The van der Waals surface area contributed by atoms with Gasteiger partial charge in [0.2, 0.25) is 5.91 Å². The molecule has 0 atom stereocenters. The van der Waals surface area contributed by atoms with Crippen molar-refractivity contribution in [2.45, 2.75) is 11.4 Å². The van der Waals surface area contributed by atoms with Crippen LogP contribution < -0.4 is 10.2 Å². The van der Waals surface area contributed by atoms with Crippen LogP contribution in [0.25, 0.3) is 6.08 Å². The van der Waals surface area contributed by atoms with Gasteiger partial charge < -0.3 is 5.32 Å². The van der Waals surface area contributed by atoms with E-state index in [-0.39, 0.29) is 24.9 Å². The molecule has 2 amide bonds. The molecule has 1 N–H and O–H groups in total. The lowest BCUT2D eigenvalue weighted by molar-refractivity contribution is -0.122. The van der Waals surface area contributed by atoms with Gasteiger partial charge >= 0.3 is 0 Å². The number of carbonyl (C=O) groups is 2. The second-order valence-electron chi connectivity index (χ2n) is 6.59. The van der Waals surface area contributed by atoms with Crippen molar-refractivity contribution >= 4 is 35.3 Å². The molecule has 0 saturated carbocycles. The predicted octanol–water partition coefficient (Wildman–Crippen LogP) is 4.02. The predicted molar refractivity (Wildman–Crippen MR) is 115 cm³/mol. The zero-order chi connectivity index (χ0) is 20.9. The summed E-state index contributed by atoms with van der Waals surface area (Å²) < 4.78 is 14.1. The first-order chi connectivity index (χ1) is 14.6. The Kier molecular flexibility index (Phi) is 5.90. The molecule has 0 bridgehead atoms. The molecule has 1 aliphatic heterocycles. The number of nitrogens with one attached hydrogen (secondary N) is 1. The molecule has 3 aromatic rings. The van der Waals surface area contributed by atoms with Crippen molar-refractivity contribution in [3.05, 3.63) is 94.9 Å². The van der Waals surface area contributed by atoms with Crippen LogP contribution in [0.3, 0.4) is 0 Å². The standard InChI is InChI=1S/C23H18FN3O2S/c24-18-9-2-1-7-16(18)13-21-23(29)27(19-10-3-4-11-20(19)30-21)15-22(28)26-14-17-8-5-6-12-25-17/h1-13H,14-15H2,(H,26,28)/b21-13-. The summed E-state index contributed by atoms with van der Waals surface area (Å²) in [4.78, 5) is 32.5. The minimum absolute atomic E-state index is 0.141. The number of anilines is 1. The lowest BCUT2D eigenvalue weighted by Gasteiger charge is -2.29. The molecule has 1 aromatic heterocycles. The third kappa shape index (κ3) is 4.41. The maximum atomic E-state index is 14.1. The minimum Gasteiger partial charge on any atom is -0.349 e. The van der Waals surface area contributed by atoms with Gasteiger partial charge in [0, 0.05) is 16.7 Å². The topological polar surface area (TPSA) is 62.3 Å². The Morgan fingerprint density at radius 2 is 1.83 bits per heavy atom. The number of carbonyl (C=O) groups excluding carboxylic acids is 2. The fourth-order valence-corrected chi connectivity index (χ4v) is 4.09. The smallest absolute Gasteiger partial charge is 0.265 e. The Bertz CT molecular complexity index is 1120. The Balaban J connectivity index is 1.57. The second-order valence-corrected chi connectivity index (χ2v) is 7.67. The molecule has 4 rings (SSSR count). The highest BCUT2D eigenvalue weighted by atomic mass is 32.2. The highest BCUT2D eigenvalue weighted by Crippen LogP contribution is 2.42. The van der Waals surface area contributed by atoms with Gasteiger partial charge in [-0.15, -0.1) is 0 Å². The summed E-state index contributed by atoms with van der Waals surface area (Å²) in [6.07, 6.45) is 3.18. The molecule has 0 spiro atoms. The molecule has 0 saturated heterocycles. The fourth-order valence-electron chi connectivity index (χ4n) is 3.04. The zero-order valence-corrected chi connectivity index (χ0v) is 16.7. The Morgan fingerprint density at radius 1 is 1.07 bits per heavy atom. The van der Waals surface area contributed by atoms with Crippen molar-refractivity contribution in [2.75, 3.05) is 11.4 Å². The normalized spacial score (nSPS) is 14.5. The van der Waals surface area contributed by atoms with Crippen molar-refractivity contribution in [1.29, 1.82) is 0 Å². The van der Waals surface area contributed by atoms with Gasteiger partial charge in [-0.3, -0.25) is 19.5 Å². The molecule has 1 aliphatic rings. The monoisotopic (exact) mass is 419 g/mol. The first-order valence-electron chi connectivity index (χ1n) is 9.33. The Morgan fingerprint density at radius 3 is 2.63 bits per heavy atom. The highest BCUT2D eigenvalue weighted by molar-refractivity contribution is 8.04. The number of nitrogens with zero attached hydrogens (tertiary/aromatic N) is 2. The van der Waals surface area contributed by atoms with E-state index >= 15 is 0 Å². The summed E-state index contributed by atoms with van der Waals surface area (Å²) in [5.41, 5.74) is 1.71. The van der Waals surface area contributed by atoms with E-state index in [9.17, 15) is 14.0 Å². The largest absolute Gasteiger partial charge is 0.349 e. The van der Waals surface area contributed by atoms with E-state index in [1.165, 1.54) is 28.8 Å². The molecule has 150 valence electrons. The van der Waals surface area contributed by atoms with E-state index in [2.05, 4.69) is 10.3 Å². The fraction of sp³-hybridized carbons (Fsp3) is 0.0870. The van der Waals surface area contributed by atoms with E-state index in [1.54, 1.807) is 36.5 Å². The van der Waals surface area contributed by atoms with E-state index < -0.39 is 5.82 Å². The number of hydrogen-bond acceptors (Lipinski definition) is 4. The lowest BCUT2D eigenvalue weighted by Crippen LogP contribution is -2.42. The van der Waals surface area contributed by atoms with Crippen LogP contribution >= 0.6 is 11.8 Å². The van der Waals surface area contributed by atoms with Crippen LogP contribution in [0.5, 0.6) is 0 Å². The van der Waals surface area contributed by atoms with Gasteiger partial charge in [0.05, 0.1) is 22.8 Å². The minimum atomic E-state index is -0.406. The van der Waals surface area contributed by atoms with Gasteiger partial charge in [-0.25, -0.2) is 4.39 Å². The van der Waals surface area contributed by atoms with Crippen LogP contribution in [0.1, 0.15) is 11.3 Å². The van der Waals surface area contributed by atoms with Gasteiger partial charge in [0.15, 0.2) is 0 Å². The molecule has 2 heterocycles. The molecule has 5 nitrogen and oxygen atoms in total. The van der Waals surface area contributed by atoms with Crippen LogP contribution in [-0.4, -0.2) is 23.3 Å². The summed E-state index contributed by atoms with van der Waals surface area (Å²) in [7, 11) is 0. The summed E-state index contributed by atoms with van der Waals surface area (Å²) in [5.74, 6) is -1.05. The van der Waals surface area contributed by atoms with Gasteiger partial charge in [0.1, 0.15) is 12.4 Å². The molecule has 0 aliphatic carbocycles. The maximum Gasteiger partial charge on any atom is 0.265 e. The molecule has 7 heteroatoms. The average Bonchev–Trinajstić information content (AvgIpc) is 2.77. The lowest BCUT2D eigenvalue weighted by atomic mass is 10.2. The molecule has 0 unspecified atom stereocenters. The number of hydrogen-bond donors (Lipinski definition) is 1. The number of thioether (sulfide) groups is 1. The van der Waals surface area contributed by atoms with Crippen LogP contribution in [0.15, 0.2) is 82.7 Å². The van der Waals surface area contributed by atoms with Crippen molar-refractivity contribution in [3.63, 3.8) is 0 Å². The van der Waals surface area contributed by atoms with Crippen LogP contribution in [0.2, 0.25) is 0 Å². The summed E-state index contributed by atoms with van der Waals surface area (Å²) in [5, 5.41) is 2.79. The number of pyridine rings is 1. The first kappa shape index (κ1) is 19.8. The van der Waals surface area contributed by atoms with Crippen LogP contribution in [-0.2, 0) is 16.1 Å². The van der Waals surface area contributed by atoms with Gasteiger partial charge in [-0.1, -0.05) is 48.2 Å². The number of aromatic nitrogens is 1. The second kappa shape index (κ2) is 8.92. The van der Waals surface area contributed by atoms with Gasteiger partial charge in [-0.05, 0) is 36.4 Å². The number of halogens is 1. The van der Waals surface area contributed by atoms with Gasteiger partial charge in [0.25, 0.3) is 5.91 Å². The summed E-state index contributed by atoms with van der Waals surface area (Å²) in [6.45, 7) is 0.133. The third-order valence-electron chi connectivity index (χ3n) is 4.52. The molecular formula is C23H18FN3O2S. The van der Waals surface area contributed by atoms with Crippen molar-refractivity contribution in [1.82, 2.24) is 10.3 Å². The zero-order valence-electron chi connectivity index (χ0n) is 15.9. The molecule has 0 fully saturated rings. The number of amides is 2. The van der Waals surface area contributed by atoms with Crippen LogP contribution in [0, 0.1) is 5.82 Å². The van der Waals surface area contributed by atoms with E-state index in [1.807, 2.05) is 30.3 Å². The SMILES string of the molecule is O=C(CN1C(=O)/C(=C/c2ccccc2F)Sc2ccccc21)NCc1ccccn1. The van der Waals surface area contributed by atoms with E-state index in [4.69, 9.17) is 0 Å². The number of rotatable bonds is 5. The number of fused-ring (bicyclic) bond motifs is 1. The highest BCUT2D eigenvalue weighted by Gasteiger charge is 2.30. The van der Waals surface area contributed by atoms with Crippen molar-refractivity contribution < 1.29 is 14.0 Å². The Labute approximate surface area is 177 Å². The summed E-state index contributed by atoms with van der Waals surface area (Å²) in [6, 6.07) is 19.1. The first-order valence-corrected chi connectivity index (χ1v) is 10.1. The third-order valence-corrected chi connectivity index (χ3v) is 5.60. The molecular weight excluding hydrogens is 401 g/mol. The molecule has 0 radical (unpaired) electrons. The maximum absolute atomic E-state index is 14.1. The van der Waals surface area contributed by atoms with E-state index in [0.717, 1.165) is 10.6 Å². The van der Waals surface area contributed by atoms with Crippen molar-refractivity contribution in [2.24, 2.45) is 0 Å². The van der Waals surface area contributed by atoms with Gasteiger partial charge in [-0.2, -0.15) is 0 Å².